The van der Waals surface area contributed by atoms with Gasteiger partial charge in [-0.25, -0.2) is 9.97 Å². The van der Waals surface area contributed by atoms with Gasteiger partial charge in [0.15, 0.2) is 23.1 Å². The van der Waals surface area contributed by atoms with Gasteiger partial charge < -0.3 is 24.4 Å². The normalized spacial score (nSPS) is 11.2. The number of hydrogen-bond donors (Lipinski definition) is 2. The molecule has 0 atom stereocenters. The average Bonchev–Trinajstić information content (AvgIpc) is 3.16. The molecule has 4 aromatic rings. The zero-order valence-corrected chi connectivity index (χ0v) is 19.1. The number of methoxy groups -OCH3 is 2. The molecular weight excluding hydrogens is 444 g/mol. The second-order valence-electron chi connectivity index (χ2n) is 6.83. The maximum absolute atomic E-state index is 10.8. The highest BCUT2D eigenvalue weighted by Crippen LogP contribution is 2.47. The number of aromatic hydroxyl groups is 2. The van der Waals surface area contributed by atoms with E-state index in [9.17, 15) is 10.2 Å². The van der Waals surface area contributed by atoms with Gasteiger partial charge in [0.25, 0.3) is 0 Å². The first-order valence-electron chi connectivity index (χ1n) is 10.1. The van der Waals surface area contributed by atoms with Crippen LogP contribution in [-0.2, 0) is 6.54 Å². The Hall–Kier alpha value is -3.92. The number of hydrogen-bond acceptors (Lipinski definition) is 10. The molecule has 33 heavy (non-hydrogen) atoms. The monoisotopic (exact) mass is 466 g/mol. The summed E-state index contributed by atoms with van der Waals surface area (Å²) in [5.74, 6) is 1.66. The number of nitrogens with zero attached hydrogens (tertiary/aromatic N) is 4. The van der Waals surface area contributed by atoms with Crippen LogP contribution in [0.2, 0.25) is 0 Å². The summed E-state index contributed by atoms with van der Waals surface area (Å²) in [4.78, 5) is 9.07. The van der Waals surface area contributed by atoms with Crippen LogP contribution < -0.4 is 14.2 Å². The zero-order valence-electron chi connectivity index (χ0n) is 18.3. The van der Waals surface area contributed by atoms with Crippen molar-refractivity contribution in [2.75, 3.05) is 20.8 Å². The summed E-state index contributed by atoms with van der Waals surface area (Å²) in [6.07, 6.45) is 1.34. The lowest BCUT2D eigenvalue weighted by Gasteiger charge is -2.10. The number of fused-ring (bicyclic) bond motifs is 1. The van der Waals surface area contributed by atoms with Gasteiger partial charge in [0.05, 0.1) is 32.2 Å². The lowest BCUT2D eigenvalue weighted by Crippen LogP contribution is -1.93. The molecule has 0 aliphatic carbocycles. The molecule has 170 valence electrons. The predicted molar refractivity (Wildman–Crippen MR) is 125 cm³/mol. The van der Waals surface area contributed by atoms with E-state index in [4.69, 9.17) is 14.2 Å². The second-order valence-corrected chi connectivity index (χ2v) is 7.85. The van der Waals surface area contributed by atoms with Crippen LogP contribution in [0.4, 0.5) is 5.82 Å². The molecule has 0 aliphatic rings. The van der Waals surface area contributed by atoms with E-state index in [1.807, 2.05) is 31.2 Å². The minimum absolute atomic E-state index is 0.0471. The van der Waals surface area contributed by atoms with Crippen molar-refractivity contribution in [2.45, 2.75) is 13.5 Å². The molecule has 2 N–H and O–H groups in total. The third-order valence-corrected chi connectivity index (χ3v) is 6.00. The van der Waals surface area contributed by atoms with Gasteiger partial charge in [-0.3, -0.25) is 0 Å². The number of benzene rings is 2. The van der Waals surface area contributed by atoms with Crippen molar-refractivity contribution in [3.63, 3.8) is 0 Å². The molecule has 0 unspecified atom stereocenters. The van der Waals surface area contributed by atoms with Crippen LogP contribution in [0.25, 0.3) is 20.7 Å². The molecule has 0 fully saturated rings. The number of phenolic OH excluding ortho intramolecular Hbond substituents is 1. The minimum atomic E-state index is -0.0488. The molecule has 9 nitrogen and oxygen atoms in total. The number of ether oxygens (including phenoxy) is 3. The van der Waals surface area contributed by atoms with Crippen LogP contribution in [0, 0.1) is 0 Å². The Labute approximate surface area is 194 Å². The van der Waals surface area contributed by atoms with Crippen molar-refractivity contribution < 1.29 is 24.4 Å². The lowest BCUT2D eigenvalue weighted by atomic mass is 10.1. The number of thiophene rings is 1. The molecule has 0 spiro atoms. The molecule has 0 saturated heterocycles. The van der Waals surface area contributed by atoms with Crippen molar-refractivity contribution in [3.05, 3.63) is 48.3 Å². The molecule has 0 saturated carbocycles. The first-order chi connectivity index (χ1) is 16.1. The van der Waals surface area contributed by atoms with Crippen molar-refractivity contribution in [3.8, 4) is 39.2 Å². The first kappa shape index (κ1) is 22.3. The van der Waals surface area contributed by atoms with E-state index in [1.54, 1.807) is 6.07 Å². The number of rotatable bonds is 8. The summed E-state index contributed by atoms with van der Waals surface area (Å²) in [6, 6.07) is 10.8. The van der Waals surface area contributed by atoms with Crippen LogP contribution in [0.3, 0.4) is 0 Å². The lowest BCUT2D eigenvalue weighted by molar-refractivity contribution is 0.332. The summed E-state index contributed by atoms with van der Waals surface area (Å²) >= 11 is 1.32. The molecule has 0 radical (unpaired) electrons. The van der Waals surface area contributed by atoms with Crippen molar-refractivity contribution in [2.24, 2.45) is 10.2 Å². The molecule has 0 aliphatic heterocycles. The Morgan fingerprint density at radius 3 is 2.61 bits per heavy atom. The van der Waals surface area contributed by atoms with Crippen LogP contribution in [0.1, 0.15) is 12.5 Å². The smallest absolute Gasteiger partial charge is 0.203 e. The summed E-state index contributed by atoms with van der Waals surface area (Å²) in [5, 5.41) is 29.4. The highest BCUT2D eigenvalue weighted by atomic mass is 32.1. The number of para-hydroxylation sites is 1. The SMILES string of the molecule is CCOc1ccccc1-c1sc2c(N=NCc3cc(O)c(OC)c(OC)c3)ncnc2c1O. The Bertz CT molecular complexity index is 1320. The Morgan fingerprint density at radius 2 is 1.85 bits per heavy atom. The molecule has 2 aromatic carbocycles. The quantitative estimate of drug-likeness (QED) is 0.331. The van der Waals surface area contributed by atoms with Crippen LogP contribution >= 0.6 is 11.3 Å². The van der Waals surface area contributed by atoms with Gasteiger partial charge in [-0.2, -0.15) is 5.11 Å². The van der Waals surface area contributed by atoms with Crippen molar-refractivity contribution >= 4 is 27.4 Å². The first-order valence-corrected chi connectivity index (χ1v) is 10.9. The fraction of sp³-hybridized carbons (Fsp3) is 0.217. The largest absolute Gasteiger partial charge is 0.504 e. The van der Waals surface area contributed by atoms with Gasteiger partial charge in [-0.1, -0.05) is 12.1 Å². The summed E-state index contributed by atoms with van der Waals surface area (Å²) in [5.41, 5.74) is 1.84. The topological polar surface area (TPSA) is 119 Å². The van der Waals surface area contributed by atoms with Gasteiger partial charge in [0, 0.05) is 5.56 Å². The zero-order chi connectivity index (χ0) is 23.4. The maximum atomic E-state index is 10.8. The third-order valence-electron chi connectivity index (χ3n) is 4.80. The molecule has 0 bridgehead atoms. The van der Waals surface area contributed by atoms with Gasteiger partial charge in [0.1, 0.15) is 22.3 Å². The summed E-state index contributed by atoms with van der Waals surface area (Å²) < 4.78 is 16.7. The highest BCUT2D eigenvalue weighted by Gasteiger charge is 2.20. The molecule has 2 heterocycles. The predicted octanol–water partition coefficient (Wildman–Crippen LogP) is 5.47. The number of aromatic nitrogens is 2. The van der Waals surface area contributed by atoms with Crippen LogP contribution in [0.15, 0.2) is 53.0 Å². The van der Waals surface area contributed by atoms with Gasteiger partial charge >= 0.3 is 0 Å². The van der Waals surface area contributed by atoms with Gasteiger partial charge in [-0.15, -0.1) is 16.5 Å². The van der Waals surface area contributed by atoms with Gasteiger partial charge in [0.2, 0.25) is 5.75 Å². The Morgan fingerprint density at radius 1 is 1.03 bits per heavy atom. The number of azo groups is 1. The average molecular weight is 467 g/mol. The summed E-state index contributed by atoms with van der Waals surface area (Å²) in [6.45, 7) is 2.59. The van der Waals surface area contributed by atoms with E-state index in [0.29, 0.717) is 44.6 Å². The summed E-state index contributed by atoms with van der Waals surface area (Å²) in [7, 11) is 2.94. The van der Waals surface area contributed by atoms with E-state index in [2.05, 4.69) is 20.2 Å². The Balaban J connectivity index is 1.67. The minimum Gasteiger partial charge on any atom is -0.504 e. The van der Waals surface area contributed by atoms with E-state index >= 15 is 0 Å². The fourth-order valence-corrected chi connectivity index (χ4v) is 4.46. The third kappa shape index (κ3) is 4.37. The highest BCUT2D eigenvalue weighted by molar-refractivity contribution is 7.23. The van der Waals surface area contributed by atoms with E-state index in [-0.39, 0.29) is 23.8 Å². The maximum Gasteiger partial charge on any atom is 0.203 e. The van der Waals surface area contributed by atoms with E-state index < -0.39 is 0 Å². The Kier molecular flexibility index (Phi) is 6.55. The van der Waals surface area contributed by atoms with Crippen LogP contribution in [-0.4, -0.2) is 41.0 Å². The molecule has 4 rings (SSSR count). The van der Waals surface area contributed by atoms with Crippen molar-refractivity contribution in [1.82, 2.24) is 9.97 Å². The van der Waals surface area contributed by atoms with E-state index in [1.165, 1.54) is 38.0 Å². The number of phenols is 1. The molecule has 2 aromatic heterocycles. The second kappa shape index (κ2) is 9.70. The molecular formula is C23H22N4O5S. The standard InChI is InChI=1S/C23H22N4O5S/c1-4-32-16-8-6-5-7-14(16)21-19(29)18-22(33-21)23(25-12-24-18)27-26-11-13-9-15(28)20(31-3)17(10-13)30-2/h5-10,12,28-29H,4,11H2,1-3H3. The van der Waals surface area contributed by atoms with Crippen LogP contribution in [0.5, 0.6) is 28.7 Å². The van der Waals surface area contributed by atoms with Gasteiger partial charge in [-0.05, 0) is 36.8 Å². The molecule has 10 heteroatoms. The fourth-order valence-electron chi connectivity index (χ4n) is 3.35. The van der Waals surface area contributed by atoms with Crippen molar-refractivity contribution in [1.29, 1.82) is 0 Å². The molecule has 0 amide bonds. The van der Waals surface area contributed by atoms with E-state index in [0.717, 1.165) is 5.56 Å².